The second kappa shape index (κ2) is 8.13. The quantitative estimate of drug-likeness (QED) is 0.453. The van der Waals surface area contributed by atoms with Crippen molar-refractivity contribution in [2.75, 3.05) is 12.0 Å². The fourth-order valence-corrected chi connectivity index (χ4v) is 3.39. The molecule has 6 nitrogen and oxygen atoms in total. The first-order chi connectivity index (χ1) is 14.6. The Hall–Kier alpha value is -4.06. The van der Waals surface area contributed by atoms with E-state index in [9.17, 15) is 9.59 Å². The molecule has 30 heavy (non-hydrogen) atoms. The van der Waals surface area contributed by atoms with E-state index < -0.39 is 12.1 Å². The first kappa shape index (κ1) is 19.3. The van der Waals surface area contributed by atoms with Crippen LogP contribution in [0, 0.1) is 6.92 Å². The van der Waals surface area contributed by atoms with Crippen LogP contribution in [-0.4, -0.2) is 24.2 Å². The molecule has 0 aliphatic rings. The number of carbonyl (C=O) groups excluding carboxylic acids is 2. The van der Waals surface area contributed by atoms with Crippen LogP contribution < -0.4 is 9.64 Å². The van der Waals surface area contributed by atoms with Gasteiger partial charge in [0.05, 0.1) is 24.0 Å². The summed E-state index contributed by atoms with van der Waals surface area (Å²) in [6.07, 6.45) is -0.557. The highest BCUT2D eigenvalue weighted by Gasteiger charge is 2.22. The van der Waals surface area contributed by atoms with Crippen LogP contribution in [0.4, 0.5) is 16.2 Å². The molecule has 0 bridgehead atoms. The van der Waals surface area contributed by atoms with Crippen LogP contribution in [0.15, 0.2) is 78.9 Å². The van der Waals surface area contributed by atoms with Crippen molar-refractivity contribution in [1.82, 2.24) is 4.98 Å². The number of aryl methyl sites for hydroxylation is 1. The maximum Gasteiger partial charge on any atom is 0.424 e. The molecule has 4 rings (SSSR count). The second-order valence-electron chi connectivity index (χ2n) is 6.70. The number of carbonyl (C=O) groups is 2. The van der Waals surface area contributed by atoms with E-state index in [1.54, 1.807) is 25.1 Å². The van der Waals surface area contributed by atoms with Crippen LogP contribution >= 0.6 is 0 Å². The Balaban J connectivity index is 1.71. The molecule has 0 radical (unpaired) electrons. The number of hydrogen-bond donors (Lipinski definition) is 1. The Kier molecular flexibility index (Phi) is 5.22. The Morgan fingerprint density at radius 1 is 0.867 bits per heavy atom. The monoisotopic (exact) mass is 400 g/mol. The number of benzene rings is 3. The van der Waals surface area contributed by atoms with Gasteiger partial charge >= 0.3 is 12.1 Å². The van der Waals surface area contributed by atoms with Crippen LogP contribution in [0.25, 0.3) is 10.9 Å². The van der Waals surface area contributed by atoms with Crippen molar-refractivity contribution in [2.45, 2.75) is 6.92 Å². The van der Waals surface area contributed by atoms with Gasteiger partial charge in [0.2, 0.25) is 0 Å². The van der Waals surface area contributed by atoms with Gasteiger partial charge in [-0.2, -0.15) is 0 Å². The van der Waals surface area contributed by atoms with Gasteiger partial charge in [-0.25, -0.2) is 14.5 Å². The summed E-state index contributed by atoms with van der Waals surface area (Å²) in [5.74, 6) is -0.120. The third kappa shape index (κ3) is 3.63. The number of nitrogens with one attached hydrogen (secondary N) is 1. The number of hydrogen-bond acceptors (Lipinski definition) is 4. The Morgan fingerprint density at radius 2 is 1.47 bits per heavy atom. The number of amides is 1. The SMILES string of the molecule is COC(=O)c1c(C)[nH]c2ccc(OC(=O)N(c3ccccc3)c3ccccc3)cc12. The van der Waals surface area contributed by atoms with Gasteiger partial charge in [0.1, 0.15) is 5.75 Å². The van der Waals surface area contributed by atoms with Gasteiger partial charge in [0.25, 0.3) is 0 Å². The van der Waals surface area contributed by atoms with Crippen molar-refractivity contribution in [3.63, 3.8) is 0 Å². The van der Waals surface area contributed by atoms with Crippen molar-refractivity contribution in [3.8, 4) is 5.75 Å². The Morgan fingerprint density at radius 3 is 2.03 bits per heavy atom. The van der Waals surface area contributed by atoms with E-state index in [2.05, 4.69) is 4.98 Å². The highest BCUT2D eigenvalue weighted by molar-refractivity contribution is 6.06. The molecule has 0 spiro atoms. The number of para-hydroxylation sites is 2. The summed E-state index contributed by atoms with van der Waals surface area (Å²) < 4.78 is 10.6. The summed E-state index contributed by atoms with van der Waals surface area (Å²) in [4.78, 5) is 29.9. The molecule has 0 aliphatic heterocycles. The number of rotatable bonds is 4. The molecule has 0 atom stereocenters. The largest absolute Gasteiger partial charge is 0.465 e. The molecular formula is C24H20N2O4. The first-order valence-electron chi connectivity index (χ1n) is 9.41. The lowest BCUT2D eigenvalue weighted by Gasteiger charge is -2.22. The van der Waals surface area contributed by atoms with E-state index >= 15 is 0 Å². The van der Waals surface area contributed by atoms with E-state index in [1.807, 2.05) is 60.7 Å². The van der Waals surface area contributed by atoms with Crippen molar-refractivity contribution < 1.29 is 19.1 Å². The third-order valence-electron chi connectivity index (χ3n) is 4.76. The van der Waals surface area contributed by atoms with E-state index in [1.165, 1.54) is 12.0 Å². The number of anilines is 2. The lowest BCUT2D eigenvalue weighted by molar-refractivity contribution is 0.0602. The van der Waals surface area contributed by atoms with E-state index in [0.717, 1.165) is 5.52 Å². The zero-order valence-corrected chi connectivity index (χ0v) is 16.6. The average molecular weight is 400 g/mol. The summed E-state index contributed by atoms with van der Waals surface area (Å²) >= 11 is 0. The number of H-pyrrole nitrogens is 1. The number of aromatic nitrogens is 1. The van der Waals surface area contributed by atoms with Crippen LogP contribution in [0.2, 0.25) is 0 Å². The van der Waals surface area contributed by atoms with Crippen molar-refractivity contribution in [3.05, 3.63) is 90.1 Å². The summed E-state index contributed by atoms with van der Waals surface area (Å²) in [5, 5.41) is 0.635. The standard InChI is InChI=1S/C24H20N2O4/c1-16-22(23(27)29-2)20-15-19(13-14-21(20)25-16)30-24(28)26(17-9-5-3-6-10-17)18-11-7-4-8-12-18/h3-15,25H,1-2H3. The molecular weight excluding hydrogens is 380 g/mol. The average Bonchev–Trinajstić information content (AvgIpc) is 3.10. The first-order valence-corrected chi connectivity index (χ1v) is 9.41. The van der Waals surface area contributed by atoms with Crippen LogP contribution in [0.3, 0.4) is 0 Å². The minimum Gasteiger partial charge on any atom is -0.465 e. The maximum atomic E-state index is 13.1. The lowest BCUT2D eigenvalue weighted by Crippen LogP contribution is -2.29. The smallest absolute Gasteiger partial charge is 0.424 e. The van der Waals surface area contributed by atoms with Crippen molar-refractivity contribution >= 4 is 34.3 Å². The summed E-state index contributed by atoms with van der Waals surface area (Å²) in [5.41, 5.74) is 3.24. The van der Waals surface area contributed by atoms with Crippen molar-refractivity contribution in [2.24, 2.45) is 0 Å². The molecule has 0 saturated heterocycles. The van der Waals surface area contributed by atoms with Gasteiger partial charge in [-0.1, -0.05) is 36.4 Å². The predicted molar refractivity (Wildman–Crippen MR) is 115 cm³/mol. The molecule has 0 fully saturated rings. The predicted octanol–water partition coefficient (Wildman–Crippen LogP) is 5.60. The maximum absolute atomic E-state index is 13.1. The fourth-order valence-electron chi connectivity index (χ4n) is 3.39. The van der Waals surface area contributed by atoms with E-state index in [0.29, 0.717) is 33.8 Å². The highest BCUT2D eigenvalue weighted by atomic mass is 16.6. The normalized spacial score (nSPS) is 10.6. The number of fused-ring (bicyclic) bond motifs is 1. The van der Waals surface area contributed by atoms with Gasteiger partial charge in [-0.3, -0.25) is 0 Å². The Labute approximate surface area is 173 Å². The van der Waals surface area contributed by atoms with E-state index in [4.69, 9.17) is 9.47 Å². The van der Waals surface area contributed by atoms with Gasteiger partial charge in [-0.05, 0) is 49.4 Å². The molecule has 4 aromatic rings. The van der Waals surface area contributed by atoms with Gasteiger partial charge in [0, 0.05) is 16.6 Å². The van der Waals surface area contributed by atoms with Crippen LogP contribution in [0.5, 0.6) is 5.75 Å². The molecule has 0 unspecified atom stereocenters. The summed E-state index contributed by atoms with van der Waals surface area (Å²) in [6.45, 7) is 1.80. The second-order valence-corrected chi connectivity index (χ2v) is 6.70. The molecule has 3 aromatic carbocycles. The number of aromatic amines is 1. The zero-order chi connectivity index (χ0) is 21.1. The highest BCUT2D eigenvalue weighted by Crippen LogP contribution is 2.30. The molecule has 0 saturated carbocycles. The minimum atomic E-state index is -0.557. The van der Waals surface area contributed by atoms with Gasteiger partial charge in [0.15, 0.2) is 0 Å². The van der Waals surface area contributed by atoms with Gasteiger partial charge in [-0.15, -0.1) is 0 Å². The van der Waals surface area contributed by atoms with E-state index in [-0.39, 0.29) is 0 Å². The van der Waals surface area contributed by atoms with Gasteiger partial charge < -0.3 is 14.5 Å². The molecule has 1 heterocycles. The molecule has 1 N–H and O–H groups in total. The third-order valence-corrected chi connectivity index (χ3v) is 4.76. The number of esters is 1. The Bertz CT molecular complexity index is 1160. The minimum absolute atomic E-state index is 0.327. The lowest BCUT2D eigenvalue weighted by atomic mass is 10.1. The van der Waals surface area contributed by atoms with Crippen LogP contribution in [0.1, 0.15) is 16.1 Å². The topological polar surface area (TPSA) is 71.6 Å². The fraction of sp³-hybridized carbons (Fsp3) is 0.0833. The molecule has 6 heteroatoms. The number of methoxy groups -OCH3 is 1. The molecule has 1 aromatic heterocycles. The summed E-state index contributed by atoms with van der Waals surface area (Å²) in [6, 6.07) is 23.7. The molecule has 0 aliphatic carbocycles. The van der Waals surface area contributed by atoms with Crippen molar-refractivity contribution in [1.29, 1.82) is 0 Å². The number of nitrogens with zero attached hydrogens (tertiary/aromatic N) is 1. The summed E-state index contributed by atoms with van der Waals surface area (Å²) in [7, 11) is 1.34. The molecule has 150 valence electrons. The molecule has 1 amide bonds. The zero-order valence-electron chi connectivity index (χ0n) is 16.6. The van der Waals surface area contributed by atoms with Crippen LogP contribution in [-0.2, 0) is 4.74 Å². The number of ether oxygens (including phenoxy) is 2.